The highest BCUT2D eigenvalue weighted by atomic mass is 35.5. The van der Waals surface area contributed by atoms with Gasteiger partial charge in [0, 0.05) is 29.2 Å². The van der Waals surface area contributed by atoms with Crippen LogP contribution in [0.5, 0.6) is 5.88 Å². The van der Waals surface area contributed by atoms with Gasteiger partial charge in [0.05, 0.1) is 28.6 Å². The van der Waals surface area contributed by atoms with Crippen molar-refractivity contribution in [2.45, 2.75) is 19.5 Å². The summed E-state index contributed by atoms with van der Waals surface area (Å²) in [7, 11) is 0. The van der Waals surface area contributed by atoms with E-state index >= 15 is 0 Å². The second-order valence-electron chi connectivity index (χ2n) is 7.95. The van der Waals surface area contributed by atoms with Crippen molar-refractivity contribution in [3.8, 4) is 5.88 Å². The molecule has 1 aliphatic rings. The number of ether oxygens (including phenoxy) is 2. The average molecular weight is 565 g/mol. The standard InChI is InChI=1S/C26H21Cl3FN3O4/c1-2-36-7-8-37-26-18(12-16(30)13-31-26)25(35)33-24-21(34)9-14-5-3-4-6-17(14)23(32-24)22-19(28)10-15(27)11-20(22)29/h3-6,10-13,24H,2,7-9H2,1H3,(H,33,35)/t24-/m1/s1. The lowest BCUT2D eigenvalue weighted by atomic mass is 9.96. The highest BCUT2D eigenvalue weighted by Gasteiger charge is 2.30. The summed E-state index contributed by atoms with van der Waals surface area (Å²) in [5, 5.41) is 3.36. The van der Waals surface area contributed by atoms with Crippen molar-refractivity contribution in [3.05, 3.63) is 91.8 Å². The molecule has 0 saturated heterocycles. The molecule has 37 heavy (non-hydrogen) atoms. The van der Waals surface area contributed by atoms with E-state index in [0.717, 1.165) is 12.3 Å². The molecule has 0 spiro atoms. The van der Waals surface area contributed by atoms with Crippen molar-refractivity contribution in [3.63, 3.8) is 0 Å². The van der Waals surface area contributed by atoms with Crippen LogP contribution in [-0.2, 0) is 16.0 Å². The van der Waals surface area contributed by atoms with Gasteiger partial charge in [-0.2, -0.15) is 0 Å². The van der Waals surface area contributed by atoms with E-state index in [1.165, 1.54) is 12.1 Å². The molecule has 0 unspecified atom stereocenters. The first-order valence-electron chi connectivity index (χ1n) is 11.3. The number of hydrogen-bond acceptors (Lipinski definition) is 6. The van der Waals surface area contributed by atoms with Crippen LogP contribution >= 0.6 is 34.8 Å². The molecule has 7 nitrogen and oxygen atoms in total. The summed E-state index contributed by atoms with van der Waals surface area (Å²) in [6.07, 6.45) is -0.408. The molecule has 1 N–H and O–H groups in total. The largest absolute Gasteiger partial charge is 0.475 e. The number of fused-ring (bicyclic) bond motifs is 1. The van der Waals surface area contributed by atoms with Gasteiger partial charge in [-0.15, -0.1) is 0 Å². The number of nitrogens with one attached hydrogen (secondary N) is 1. The van der Waals surface area contributed by atoms with E-state index in [1.807, 2.05) is 6.92 Å². The number of amides is 1. The Hall–Kier alpha value is -3.04. The molecule has 1 amide bonds. The van der Waals surface area contributed by atoms with Crippen LogP contribution in [-0.4, -0.2) is 48.4 Å². The Morgan fingerprint density at radius 2 is 1.86 bits per heavy atom. The molecule has 0 saturated carbocycles. The zero-order valence-electron chi connectivity index (χ0n) is 19.6. The highest BCUT2D eigenvalue weighted by molar-refractivity contribution is 6.43. The van der Waals surface area contributed by atoms with Gasteiger partial charge in [0.25, 0.3) is 5.91 Å². The van der Waals surface area contributed by atoms with Gasteiger partial charge in [-0.05, 0) is 30.7 Å². The molecule has 192 valence electrons. The fourth-order valence-electron chi connectivity index (χ4n) is 3.79. The number of aromatic nitrogens is 1. The Bertz CT molecular complexity index is 1360. The van der Waals surface area contributed by atoms with E-state index in [-0.39, 0.29) is 46.9 Å². The summed E-state index contributed by atoms with van der Waals surface area (Å²) in [5.74, 6) is -2.03. The quantitative estimate of drug-likeness (QED) is 0.374. The molecule has 4 rings (SSSR count). The van der Waals surface area contributed by atoms with Gasteiger partial charge in [-0.25, -0.2) is 9.37 Å². The van der Waals surface area contributed by atoms with Crippen molar-refractivity contribution < 1.29 is 23.5 Å². The maximum atomic E-state index is 14.0. The van der Waals surface area contributed by atoms with Crippen LogP contribution in [0.25, 0.3) is 0 Å². The Morgan fingerprint density at radius 3 is 2.59 bits per heavy atom. The second kappa shape index (κ2) is 12.0. The number of aliphatic imine (C=N–C) groups is 1. The average Bonchev–Trinajstić information content (AvgIpc) is 2.98. The molecular formula is C26H21Cl3FN3O4. The zero-order valence-corrected chi connectivity index (χ0v) is 21.8. The summed E-state index contributed by atoms with van der Waals surface area (Å²) in [6.45, 7) is 2.67. The fraction of sp³-hybridized carbons (Fsp3) is 0.231. The number of pyridine rings is 1. The lowest BCUT2D eigenvalue weighted by molar-refractivity contribution is -0.120. The Balaban J connectivity index is 1.72. The third-order valence-electron chi connectivity index (χ3n) is 5.44. The first-order chi connectivity index (χ1) is 17.8. The number of hydrogen-bond donors (Lipinski definition) is 1. The molecule has 11 heteroatoms. The van der Waals surface area contributed by atoms with Crippen LogP contribution in [0.4, 0.5) is 4.39 Å². The number of Topliss-reactive ketones (excluding diaryl/α,β-unsaturated/α-hetero) is 1. The van der Waals surface area contributed by atoms with Gasteiger partial charge in [0.1, 0.15) is 18.0 Å². The van der Waals surface area contributed by atoms with E-state index in [1.54, 1.807) is 24.3 Å². The van der Waals surface area contributed by atoms with Gasteiger partial charge < -0.3 is 14.8 Å². The summed E-state index contributed by atoms with van der Waals surface area (Å²) < 4.78 is 24.7. The summed E-state index contributed by atoms with van der Waals surface area (Å²) in [6, 6.07) is 11.2. The molecule has 1 aliphatic heterocycles. The lowest BCUT2D eigenvalue weighted by Crippen LogP contribution is -2.40. The van der Waals surface area contributed by atoms with E-state index in [0.29, 0.717) is 34.0 Å². The molecule has 2 heterocycles. The van der Waals surface area contributed by atoms with Crippen molar-refractivity contribution >= 4 is 52.2 Å². The monoisotopic (exact) mass is 563 g/mol. The number of benzene rings is 2. The molecule has 0 aliphatic carbocycles. The van der Waals surface area contributed by atoms with Crippen molar-refractivity contribution in [2.24, 2.45) is 4.99 Å². The second-order valence-corrected chi connectivity index (χ2v) is 9.20. The topological polar surface area (TPSA) is 89.9 Å². The maximum Gasteiger partial charge on any atom is 0.258 e. The first kappa shape index (κ1) is 27.0. The van der Waals surface area contributed by atoms with Gasteiger partial charge in [-0.3, -0.25) is 14.6 Å². The van der Waals surface area contributed by atoms with Crippen LogP contribution < -0.4 is 10.1 Å². The first-order valence-corrected chi connectivity index (χ1v) is 12.4. The molecular weight excluding hydrogens is 544 g/mol. The zero-order chi connectivity index (χ0) is 26.5. The minimum atomic E-state index is -1.32. The maximum absolute atomic E-state index is 14.0. The van der Waals surface area contributed by atoms with Crippen molar-refractivity contribution in [1.29, 1.82) is 0 Å². The normalized spacial score (nSPS) is 15.0. The molecule has 0 radical (unpaired) electrons. The van der Waals surface area contributed by atoms with Crippen LogP contribution in [0.1, 0.15) is 34.0 Å². The smallest absolute Gasteiger partial charge is 0.258 e. The van der Waals surface area contributed by atoms with Crippen LogP contribution in [0.3, 0.4) is 0 Å². The summed E-state index contributed by atoms with van der Waals surface area (Å²) in [4.78, 5) is 34.8. The number of nitrogens with zero attached hydrogens (tertiary/aromatic N) is 2. The van der Waals surface area contributed by atoms with Crippen molar-refractivity contribution in [2.75, 3.05) is 19.8 Å². The Kier molecular flexibility index (Phi) is 8.76. The highest BCUT2D eigenvalue weighted by Crippen LogP contribution is 2.33. The van der Waals surface area contributed by atoms with Crippen LogP contribution in [0, 0.1) is 5.82 Å². The number of carbonyl (C=O) groups is 2. The number of ketones is 1. The van der Waals surface area contributed by atoms with E-state index in [4.69, 9.17) is 44.3 Å². The molecule has 1 atom stereocenters. The minimum Gasteiger partial charge on any atom is -0.475 e. The third-order valence-corrected chi connectivity index (χ3v) is 6.26. The minimum absolute atomic E-state index is 0.0178. The lowest BCUT2D eigenvalue weighted by Gasteiger charge is -2.16. The summed E-state index contributed by atoms with van der Waals surface area (Å²) >= 11 is 19.1. The van der Waals surface area contributed by atoms with Crippen molar-refractivity contribution in [1.82, 2.24) is 10.3 Å². The third kappa shape index (κ3) is 6.27. The molecule has 1 aromatic heterocycles. The molecule has 0 bridgehead atoms. The van der Waals surface area contributed by atoms with Gasteiger partial charge in [0.15, 0.2) is 11.9 Å². The fourth-order valence-corrected chi connectivity index (χ4v) is 4.78. The van der Waals surface area contributed by atoms with Gasteiger partial charge in [0.2, 0.25) is 5.88 Å². The Morgan fingerprint density at radius 1 is 1.14 bits per heavy atom. The van der Waals surface area contributed by atoms with E-state index < -0.39 is 17.9 Å². The number of rotatable bonds is 8. The van der Waals surface area contributed by atoms with Gasteiger partial charge in [-0.1, -0.05) is 59.1 Å². The van der Waals surface area contributed by atoms with E-state index in [9.17, 15) is 14.0 Å². The predicted octanol–water partition coefficient (Wildman–Crippen LogP) is 5.31. The number of carbonyl (C=O) groups excluding carboxylic acids is 2. The molecule has 3 aromatic rings. The van der Waals surface area contributed by atoms with E-state index in [2.05, 4.69) is 15.3 Å². The van der Waals surface area contributed by atoms with Crippen LogP contribution in [0.2, 0.25) is 15.1 Å². The predicted molar refractivity (Wildman–Crippen MR) is 140 cm³/mol. The molecule has 0 fully saturated rings. The Labute approximate surface area is 227 Å². The molecule has 2 aromatic carbocycles. The van der Waals surface area contributed by atoms with Crippen LogP contribution in [0.15, 0.2) is 53.7 Å². The summed E-state index contributed by atoms with van der Waals surface area (Å²) in [5.41, 5.74) is 1.79. The number of halogens is 4. The SMILES string of the molecule is CCOCCOc1ncc(F)cc1C(=O)N[C@H]1N=C(c2c(Cl)cc(Cl)cc2Cl)c2ccccc2CC1=O. The van der Waals surface area contributed by atoms with Gasteiger partial charge >= 0.3 is 0 Å².